The number of hydrogen-bond donors (Lipinski definition) is 3. The summed E-state index contributed by atoms with van der Waals surface area (Å²) in [6.07, 6.45) is 1.72. The Morgan fingerprint density at radius 2 is 1.65 bits per heavy atom. The third-order valence-electron chi connectivity index (χ3n) is 7.83. The molecule has 0 unspecified atom stereocenters. The molecule has 43 heavy (non-hydrogen) atoms. The number of fused-ring (bicyclic) bond motifs is 1. The number of rotatable bonds is 9. The summed E-state index contributed by atoms with van der Waals surface area (Å²) in [6, 6.07) is 32.2. The van der Waals surface area contributed by atoms with Crippen molar-refractivity contribution >= 4 is 17.1 Å². The number of ether oxygens (including phenoxy) is 2. The third-order valence-corrected chi connectivity index (χ3v) is 7.83. The number of para-hydroxylation sites is 2. The number of nitrogens with zero attached hydrogens (tertiary/aromatic N) is 2. The van der Waals surface area contributed by atoms with Crippen LogP contribution in [0.1, 0.15) is 48.0 Å². The Balaban J connectivity index is 1.24. The fourth-order valence-corrected chi connectivity index (χ4v) is 5.58. The van der Waals surface area contributed by atoms with E-state index in [-0.39, 0.29) is 24.8 Å². The molecule has 0 bridgehead atoms. The van der Waals surface area contributed by atoms with E-state index in [2.05, 4.69) is 56.6 Å². The van der Waals surface area contributed by atoms with Crippen molar-refractivity contribution in [1.82, 2.24) is 20.2 Å². The normalized spacial score (nSPS) is 18.4. The molecule has 1 aliphatic rings. The first-order valence-corrected chi connectivity index (χ1v) is 14.7. The second kappa shape index (κ2) is 13.2. The zero-order valence-corrected chi connectivity index (χ0v) is 24.1. The summed E-state index contributed by atoms with van der Waals surface area (Å²) in [5.74, 6) is 0. The molecule has 1 fully saturated rings. The number of hydrogen-bond acceptors (Lipinski definition) is 5. The number of carbonyl (C=O) groups excluding carboxylic acids is 1. The van der Waals surface area contributed by atoms with Crippen molar-refractivity contribution in [3.05, 3.63) is 126 Å². The second-order valence-corrected chi connectivity index (χ2v) is 10.7. The third kappa shape index (κ3) is 6.62. The van der Waals surface area contributed by atoms with E-state index in [9.17, 15) is 9.90 Å². The van der Waals surface area contributed by atoms with Crippen LogP contribution in [-0.2, 0) is 29.2 Å². The molecule has 6 rings (SSSR count). The van der Waals surface area contributed by atoms with Crippen LogP contribution in [0.5, 0.6) is 0 Å². The van der Waals surface area contributed by atoms with Gasteiger partial charge in [-0.2, -0.15) is 0 Å². The minimum atomic E-state index is -0.556. The summed E-state index contributed by atoms with van der Waals surface area (Å²) in [5, 5.41) is 15.2. The predicted octanol–water partition coefficient (Wildman–Crippen LogP) is 6.26. The maximum Gasteiger partial charge on any atom is 0.315 e. The first-order valence-electron chi connectivity index (χ1n) is 14.7. The molecule has 0 saturated carbocycles. The molecule has 1 aliphatic heterocycles. The molecule has 2 amide bonds. The van der Waals surface area contributed by atoms with Gasteiger partial charge in [-0.15, -0.1) is 0 Å². The second-order valence-electron chi connectivity index (χ2n) is 10.7. The van der Waals surface area contributed by atoms with Gasteiger partial charge in [-0.3, -0.25) is 0 Å². The van der Waals surface area contributed by atoms with Gasteiger partial charge in [-0.05, 0) is 46.9 Å². The minimum Gasteiger partial charge on any atom is -0.392 e. The number of aliphatic hydroxyl groups is 1. The Morgan fingerprint density at radius 3 is 2.44 bits per heavy atom. The standard InChI is InChI=1S/C35H36N4O4/c1-2-36-35(41)37-20-28-7-3-4-8-30(28)25-15-17-27(18-16-25)34-42-29(21-39-23-38-31-9-5-6-10-32(31)39)19-33(43-34)26-13-11-24(22-40)12-14-26/h3-18,23,29,33-34,40H,2,19-22H2,1H3,(H2,36,37,41)/t29-,33+,34+/m1/s1. The van der Waals surface area contributed by atoms with Gasteiger partial charge in [0.15, 0.2) is 6.29 Å². The van der Waals surface area contributed by atoms with Gasteiger partial charge >= 0.3 is 6.03 Å². The van der Waals surface area contributed by atoms with Crippen LogP contribution in [0, 0.1) is 0 Å². The van der Waals surface area contributed by atoms with Crippen LogP contribution >= 0.6 is 0 Å². The highest BCUT2D eigenvalue weighted by molar-refractivity contribution is 5.75. The molecule has 8 heteroatoms. The van der Waals surface area contributed by atoms with Crippen molar-refractivity contribution < 1.29 is 19.4 Å². The summed E-state index contributed by atoms with van der Waals surface area (Å²) >= 11 is 0. The molecular weight excluding hydrogens is 540 g/mol. The molecule has 1 aromatic heterocycles. The summed E-state index contributed by atoms with van der Waals surface area (Å²) in [4.78, 5) is 16.5. The van der Waals surface area contributed by atoms with E-state index >= 15 is 0 Å². The van der Waals surface area contributed by atoms with Gasteiger partial charge in [0, 0.05) is 25.1 Å². The van der Waals surface area contributed by atoms with Crippen LogP contribution in [0.2, 0.25) is 0 Å². The van der Waals surface area contributed by atoms with Gasteiger partial charge in [0.2, 0.25) is 0 Å². The number of aromatic nitrogens is 2. The Labute approximate surface area is 251 Å². The van der Waals surface area contributed by atoms with Gasteiger partial charge in [0.25, 0.3) is 0 Å². The molecule has 0 radical (unpaired) electrons. The number of carbonyl (C=O) groups is 1. The number of aliphatic hydroxyl groups excluding tert-OH is 1. The van der Waals surface area contributed by atoms with Crippen molar-refractivity contribution in [2.45, 2.75) is 51.5 Å². The maximum absolute atomic E-state index is 12.0. The van der Waals surface area contributed by atoms with E-state index in [1.54, 1.807) is 0 Å². The van der Waals surface area contributed by atoms with Gasteiger partial charge in [-0.25, -0.2) is 9.78 Å². The highest BCUT2D eigenvalue weighted by Crippen LogP contribution is 2.39. The SMILES string of the molecule is CCNC(=O)NCc1ccccc1-c1ccc([C@H]2O[C@@H](Cn3cnc4ccccc43)C[C@@H](c3ccc(CO)cc3)O2)cc1. The molecule has 1 saturated heterocycles. The highest BCUT2D eigenvalue weighted by atomic mass is 16.7. The van der Waals surface area contributed by atoms with Crippen molar-refractivity contribution in [3.8, 4) is 11.1 Å². The topological polar surface area (TPSA) is 97.6 Å². The van der Waals surface area contributed by atoms with E-state index in [1.165, 1.54) is 0 Å². The van der Waals surface area contributed by atoms with Crippen LogP contribution in [0.4, 0.5) is 4.79 Å². The van der Waals surface area contributed by atoms with Gasteiger partial charge in [0.1, 0.15) is 0 Å². The average Bonchev–Trinajstić information content (AvgIpc) is 3.46. The lowest BCUT2D eigenvalue weighted by Gasteiger charge is -2.36. The quantitative estimate of drug-likeness (QED) is 0.192. The Bertz CT molecular complexity index is 1670. The molecule has 220 valence electrons. The van der Waals surface area contributed by atoms with Gasteiger partial charge < -0.3 is 29.8 Å². The summed E-state index contributed by atoms with van der Waals surface area (Å²) < 4.78 is 15.3. The molecule has 4 aromatic carbocycles. The van der Waals surface area contributed by atoms with Crippen LogP contribution in [0.3, 0.4) is 0 Å². The van der Waals surface area contributed by atoms with Crippen molar-refractivity contribution in [2.24, 2.45) is 0 Å². The fourth-order valence-electron chi connectivity index (χ4n) is 5.58. The largest absolute Gasteiger partial charge is 0.392 e. The number of urea groups is 1. The van der Waals surface area contributed by atoms with E-state index in [0.29, 0.717) is 26.1 Å². The van der Waals surface area contributed by atoms with Crippen molar-refractivity contribution in [3.63, 3.8) is 0 Å². The molecule has 3 N–H and O–H groups in total. The smallest absolute Gasteiger partial charge is 0.315 e. The van der Waals surface area contributed by atoms with Crippen molar-refractivity contribution in [1.29, 1.82) is 0 Å². The van der Waals surface area contributed by atoms with Crippen LogP contribution in [0.25, 0.3) is 22.2 Å². The molecule has 0 spiro atoms. The Morgan fingerprint density at radius 1 is 0.907 bits per heavy atom. The molecule has 2 heterocycles. The summed E-state index contributed by atoms with van der Waals surface area (Å²) in [5.41, 5.74) is 8.02. The number of benzene rings is 4. The number of imidazole rings is 1. The van der Waals surface area contributed by atoms with Gasteiger partial charge in [0.05, 0.1) is 42.7 Å². The van der Waals surface area contributed by atoms with Gasteiger partial charge in [-0.1, -0.05) is 84.9 Å². The lowest BCUT2D eigenvalue weighted by atomic mass is 9.97. The van der Waals surface area contributed by atoms with E-state index < -0.39 is 6.29 Å². The molecule has 3 atom stereocenters. The fraction of sp³-hybridized carbons (Fsp3) is 0.257. The zero-order valence-electron chi connectivity index (χ0n) is 24.1. The molecule has 0 aliphatic carbocycles. The number of nitrogens with one attached hydrogen (secondary N) is 2. The molecule has 8 nitrogen and oxygen atoms in total. The summed E-state index contributed by atoms with van der Waals surface area (Å²) in [6.45, 7) is 3.56. The van der Waals surface area contributed by atoms with E-state index in [4.69, 9.17) is 9.47 Å². The zero-order chi connectivity index (χ0) is 29.6. The van der Waals surface area contributed by atoms with Crippen LogP contribution < -0.4 is 10.6 Å². The highest BCUT2D eigenvalue weighted by Gasteiger charge is 2.32. The Hall–Kier alpha value is -4.50. The maximum atomic E-state index is 12.0. The average molecular weight is 577 g/mol. The summed E-state index contributed by atoms with van der Waals surface area (Å²) in [7, 11) is 0. The van der Waals surface area contributed by atoms with Crippen LogP contribution in [-0.4, -0.2) is 33.3 Å². The molecule has 5 aromatic rings. The predicted molar refractivity (Wildman–Crippen MR) is 166 cm³/mol. The number of amides is 2. The lowest BCUT2D eigenvalue weighted by Crippen LogP contribution is -2.34. The lowest BCUT2D eigenvalue weighted by molar-refractivity contribution is -0.252. The van der Waals surface area contributed by atoms with E-state index in [0.717, 1.165) is 44.4 Å². The van der Waals surface area contributed by atoms with Crippen molar-refractivity contribution in [2.75, 3.05) is 6.54 Å². The van der Waals surface area contributed by atoms with E-state index in [1.807, 2.05) is 73.9 Å². The first-order chi connectivity index (χ1) is 21.1. The Kier molecular flexibility index (Phi) is 8.79. The molecular formula is C35H36N4O4. The minimum absolute atomic E-state index is 0.00530. The monoisotopic (exact) mass is 576 g/mol. The van der Waals surface area contributed by atoms with Crippen LogP contribution in [0.15, 0.2) is 103 Å². The first kappa shape index (κ1) is 28.6.